The molecule has 0 aromatic heterocycles. The summed E-state index contributed by atoms with van der Waals surface area (Å²) in [5.74, 6) is 0.0967. The third kappa shape index (κ3) is 19.1. The molecule has 232 valence electrons. The molecule has 2 aromatic carbocycles. The van der Waals surface area contributed by atoms with E-state index in [1.807, 2.05) is 41.5 Å². The van der Waals surface area contributed by atoms with Gasteiger partial charge < -0.3 is 41.3 Å². The van der Waals surface area contributed by atoms with Crippen LogP contribution in [-0.2, 0) is 23.6 Å². The number of aromatic hydroxyl groups is 2. The molecule has 0 aliphatic carbocycles. The van der Waals surface area contributed by atoms with Gasteiger partial charge in [0, 0.05) is 35.3 Å². The summed E-state index contributed by atoms with van der Waals surface area (Å²) in [5.41, 5.74) is 2.11. The highest BCUT2D eigenvalue weighted by atomic mass is 35.5. The Morgan fingerprint density at radius 3 is 1.20 bits per heavy atom. The third-order valence-electron chi connectivity index (χ3n) is 4.97. The van der Waals surface area contributed by atoms with Gasteiger partial charge in [-0.05, 0) is 76.9 Å². The lowest BCUT2D eigenvalue weighted by atomic mass is 10.0. The van der Waals surface area contributed by atoms with Crippen molar-refractivity contribution >= 4 is 22.8 Å². The van der Waals surface area contributed by atoms with E-state index < -0.39 is 22.6 Å². The molecule has 0 bridgehead atoms. The van der Waals surface area contributed by atoms with E-state index in [0.29, 0.717) is 35.3 Å². The zero-order valence-electron chi connectivity index (χ0n) is 23.7. The Kier molecular flexibility index (Phi) is 17.7. The van der Waals surface area contributed by atoms with Gasteiger partial charge in [-0.2, -0.15) is 8.42 Å². The van der Waals surface area contributed by atoms with Crippen molar-refractivity contribution < 1.29 is 48.2 Å². The van der Waals surface area contributed by atoms with Gasteiger partial charge in [0.1, 0.15) is 11.5 Å². The zero-order valence-corrected chi connectivity index (χ0v) is 25.3. The second kappa shape index (κ2) is 17.7. The van der Waals surface area contributed by atoms with Crippen LogP contribution in [0.1, 0.15) is 76.0 Å². The Hall–Kier alpha value is -2.04. The molecule has 2 rings (SSSR count). The molecule has 0 amide bonds. The quantitative estimate of drug-likeness (QED) is 0.194. The maximum atomic E-state index is 9.97. The normalized spacial score (nSPS) is 13.1. The number of nitrogens with one attached hydrogen (secondary N) is 2. The maximum absolute atomic E-state index is 9.97. The van der Waals surface area contributed by atoms with Gasteiger partial charge in [0.05, 0.1) is 25.4 Å². The van der Waals surface area contributed by atoms with Crippen LogP contribution in [0, 0.1) is 0 Å². The molecule has 40 heavy (non-hydrogen) atoms. The predicted molar refractivity (Wildman–Crippen MR) is 155 cm³/mol. The Bertz CT molecular complexity index is 1040. The highest BCUT2D eigenvalue weighted by Gasteiger charge is 2.16. The first-order chi connectivity index (χ1) is 17.7. The number of halogens is 1. The minimum Gasteiger partial charge on any atom is -0.508 e. The van der Waals surface area contributed by atoms with Crippen LogP contribution in [0.4, 0.5) is 0 Å². The van der Waals surface area contributed by atoms with Crippen LogP contribution in [0.25, 0.3) is 0 Å². The second-order valence-corrected chi connectivity index (χ2v) is 11.7. The summed E-state index contributed by atoms with van der Waals surface area (Å²) in [5, 5.41) is 63.2. The SMILES string of the molecule is CC(C)(C)NCC(O)c1ccc(O)c(CO)c1.CC(C)(C)NCC(O)c1ccc(O)c(CO)c1.Cl.O=S(=O)(O)O. The van der Waals surface area contributed by atoms with Crippen molar-refractivity contribution in [2.75, 3.05) is 13.1 Å². The number of rotatable bonds is 8. The van der Waals surface area contributed by atoms with Gasteiger partial charge in [-0.25, -0.2) is 0 Å². The lowest BCUT2D eigenvalue weighted by Gasteiger charge is -2.23. The molecular formula is C26H45ClN2O10S. The average molecular weight is 613 g/mol. The van der Waals surface area contributed by atoms with Gasteiger partial charge >= 0.3 is 10.4 Å². The number of aliphatic hydroxyl groups is 4. The molecular weight excluding hydrogens is 568 g/mol. The highest BCUT2D eigenvalue weighted by Crippen LogP contribution is 2.23. The fourth-order valence-corrected chi connectivity index (χ4v) is 2.92. The van der Waals surface area contributed by atoms with Crippen molar-refractivity contribution in [3.8, 4) is 11.5 Å². The first-order valence-corrected chi connectivity index (χ1v) is 13.5. The number of phenols is 2. The van der Waals surface area contributed by atoms with Crippen molar-refractivity contribution in [1.82, 2.24) is 10.6 Å². The standard InChI is InChI=1S/2C13H21NO3.ClH.H2O4S/c2*1-13(2,3)14-7-12(17)9-4-5-11(16)10(6-9)8-15;;1-5(2,3)4/h2*4-6,12,14-17H,7-8H2,1-3H3;1H;(H2,1,2,3,4). The minimum absolute atomic E-state index is 0. The molecule has 12 nitrogen and oxygen atoms in total. The van der Waals surface area contributed by atoms with E-state index in [4.69, 9.17) is 27.7 Å². The van der Waals surface area contributed by atoms with Gasteiger partial charge in [0.2, 0.25) is 0 Å². The number of aliphatic hydroxyl groups excluding tert-OH is 4. The molecule has 0 aliphatic heterocycles. The molecule has 10 N–H and O–H groups in total. The third-order valence-corrected chi connectivity index (χ3v) is 4.97. The smallest absolute Gasteiger partial charge is 0.394 e. The fraction of sp³-hybridized carbons (Fsp3) is 0.538. The van der Waals surface area contributed by atoms with Crippen LogP contribution in [0.2, 0.25) is 0 Å². The van der Waals surface area contributed by atoms with Crippen LogP contribution >= 0.6 is 12.4 Å². The van der Waals surface area contributed by atoms with Crippen LogP contribution in [0.3, 0.4) is 0 Å². The molecule has 2 aromatic rings. The zero-order chi connectivity index (χ0) is 30.6. The van der Waals surface area contributed by atoms with Gasteiger partial charge in [-0.15, -0.1) is 12.4 Å². The van der Waals surface area contributed by atoms with Gasteiger partial charge in [-0.1, -0.05) is 12.1 Å². The van der Waals surface area contributed by atoms with E-state index in [1.165, 1.54) is 12.1 Å². The average Bonchev–Trinajstić information content (AvgIpc) is 2.80. The Morgan fingerprint density at radius 1 is 0.700 bits per heavy atom. The van der Waals surface area contributed by atoms with E-state index in [1.54, 1.807) is 24.3 Å². The summed E-state index contributed by atoms with van der Waals surface area (Å²) in [6, 6.07) is 9.52. The fourth-order valence-electron chi connectivity index (χ4n) is 2.92. The van der Waals surface area contributed by atoms with Crippen LogP contribution in [0.15, 0.2) is 36.4 Å². The van der Waals surface area contributed by atoms with Crippen molar-refractivity contribution in [2.24, 2.45) is 0 Å². The summed E-state index contributed by atoms with van der Waals surface area (Å²) in [6.07, 6.45) is -1.31. The molecule has 0 spiro atoms. The highest BCUT2D eigenvalue weighted by molar-refractivity contribution is 7.79. The molecule has 0 fully saturated rings. The summed E-state index contributed by atoms with van der Waals surface area (Å²) >= 11 is 0. The van der Waals surface area contributed by atoms with Crippen molar-refractivity contribution in [2.45, 2.75) is 78.0 Å². The first kappa shape index (κ1) is 40.1. The molecule has 14 heteroatoms. The van der Waals surface area contributed by atoms with Crippen LogP contribution in [-0.4, -0.2) is 72.3 Å². The second-order valence-electron chi connectivity index (χ2n) is 10.8. The van der Waals surface area contributed by atoms with Gasteiger partial charge in [0.15, 0.2) is 0 Å². The van der Waals surface area contributed by atoms with Crippen molar-refractivity contribution in [1.29, 1.82) is 0 Å². The van der Waals surface area contributed by atoms with E-state index in [-0.39, 0.29) is 48.2 Å². The summed E-state index contributed by atoms with van der Waals surface area (Å²) in [4.78, 5) is 0. The van der Waals surface area contributed by atoms with Crippen molar-refractivity contribution in [3.63, 3.8) is 0 Å². The Balaban J connectivity index is 0. The Labute approximate surface area is 242 Å². The van der Waals surface area contributed by atoms with Crippen LogP contribution < -0.4 is 10.6 Å². The van der Waals surface area contributed by atoms with Gasteiger partial charge in [0.25, 0.3) is 0 Å². The van der Waals surface area contributed by atoms with Gasteiger partial charge in [-0.3, -0.25) is 9.11 Å². The van der Waals surface area contributed by atoms with E-state index in [2.05, 4.69) is 10.6 Å². The molecule has 0 radical (unpaired) electrons. The van der Waals surface area contributed by atoms with E-state index in [9.17, 15) is 20.4 Å². The number of hydrogen-bond acceptors (Lipinski definition) is 10. The number of β-amino-alcohol motifs (C(OH)–C–C–N with tert-alkyl or cyclic N) is 2. The predicted octanol–water partition coefficient (Wildman–Crippen LogP) is 2.38. The summed E-state index contributed by atoms with van der Waals surface area (Å²) in [7, 11) is -4.67. The lowest BCUT2D eigenvalue weighted by Crippen LogP contribution is -2.38. The molecule has 0 saturated heterocycles. The first-order valence-electron chi connectivity index (χ1n) is 12.1. The molecule has 0 aliphatic rings. The lowest BCUT2D eigenvalue weighted by molar-refractivity contribution is 0.162. The monoisotopic (exact) mass is 612 g/mol. The minimum atomic E-state index is -4.67. The topological polar surface area (TPSA) is 220 Å². The molecule has 0 saturated carbocycles. The maximum Gasteiger partial charge on any atom is 0.394 e. The van der Waals surface area contributed by atoms with Crippen LogP contribution in [0.5, 0.6) is 11.5 Å². The van der Waals surface area contributed by atoms with Crippen molar-refractivity contribution in [3.05, 3.63) is 58.7 Å². The molecule has 2 atom stereocenters. The van der Waals surface area contributed by atoms with E-state index in [0.717, 1.165) is 0 Å². The summed E-state index contributed by atoms with van der Waals surface area (Å²) in [6.45, 7) is 12.5. The number of hydrogen-bond donors (Lipinski definition) is 10. The summed E-state index contributed by atoms with van der Waals surface area (Å²) < 4.78 is 31.6. The van der Waals surface area contributed by atoms with E-state index >= 15 is 0 Å². The molecule has 0 heterocycles. The largest absolute Gasteiger partial charge is 0.508 e. The molecule has 2 unspecified atom stereocenters. The number of benzene rings is 2. The Morgan fingerprint density at radius 2 is 0.975 bits per heavy atom.